The first kappa shape index (κ1) is 17.0. The van der Waals surface area contributed by atoms with Gasteiger partial charge < -0.3 is 10.4 Å². The molecule has 0 bridgehead atoms. The molecule has 1 aromatic rings. The first-order chi connectivity index (χ1) is 9.84. The van der Waals surface area contributed by atoms with Gasteiger partial charge in [0, 0.05) is 17.1 Å². The standard InChI is InChI=1S/C18H28BrNO/c1-4-16(14-5-7-15(19)8-6-14)20-13-18(21)11-9-17(2,3)10-12-18/h5-8,16,20-21H,4,9-13H2,1-3H3. The van der Waals surface area contributed by atoms with Gasteiger partial charge in [0.2, 0.25) is 0 Å². The third kappa shape index (κ3) is 4.80. The molecule has 2 rings (SSSR count). The van der Waals surface area contributed by atoms with Gasteiger partial charge in [0.05, 0.1) is 5.60 Å². The van der Waals surface area contributed by atoms with Crippen molar-refractivity contribution in [1.82, 2.24) is 5.32 Å². The van der Waals surface area contributed by atoms with Crippen LogP contribution in [0.3, 0.4) is 0 Å². The first-order valence-corrected chi connectivity index (χ1v) is 8.84. The molecule has 1 fully saturated rings. The minimum absolute atomic E-state index is 0.317. The van der Waals surface area contributed by atoms with Gasteiger partial charge in [0.1, 0.15) is 0 Å². The zero-order chi connectivity index (χ0) is 15.5. The van der Waals surface area contributed by atoms with E-state index in [1.165, 1.54) is 5.56 Å². The van der Waals surface area contributed by atoms with E-state index >= 15 is 0 Å². The molecule has 0 heterocycles. The lowest BCUT2D eigenvalue weighted by molar-refractivity contribution is -0.0262. The van der Waals surface area contributed by atoms with Gasteiger partial charge in [-0.1, -0.05) is 48.8 Å². The third-order valence-corrected chi connectivity index (χ3v) is 5.42. The number of nitrogens with one attached hydrogen (secondary N) is 1. The highest BCUT2D eigenvalue weighted by molar-refractivity contribution is 9.10. The molecular weight excluding hydrogens is 326 g/mol. The van der Waals surface area contributed by atoms with Gasteiger partial charge in [-0.15, -0.1) is 0 Å². The highest BCUT2D eigenvalue weighted by atomic mass is 79.9. The SMILES string of the molecule is CCC(NCC1(O)CCC(C)(C)CC1)c1ccc(Br)cc1. The van der Waals surface area contributed by atoms with Gasteiger partial charge in [-0.25, -0.2) is 0 Å². The van der Waals surface area contributed by atoms with Crippen molar-refractivity contribution < 1.29 is 5.11 Å². The van der Waals surface area contributed by atoms with E-state index in [9.17, 15) is 5.11 Å². The molecule has 118 valence electrons. The molecule has 1 saturated carbocycles. The number of halogens is 1. The molecule has 0 saturated heterocycles. The minimum atomic E-state index is -0.529. The molecular formula is C18H28BrNO. The fourth-order valence-corrected chi connectivity index (χ4v) is 3.34. The van der Waals surface area contributed by atoms with Crippen LogP contribution >= 0.6 is 15.9 Å². The minimum Gasteiger partial charge on any atom is -0.389 e. The fraction of sp³-hybridized carbons (Fsp3) is 0.667. The van der Waals surface area contributed by atoms with E-state index in [4.69, 9.17) is 0 Å². The molecule has 3 heteroatoms. The molecule has 1 aliphatic carbocycles. The van der Waals surface area contributed by atoms with Gasteiger partial charge in [0.15, 0.2) is 0 Å². The molecule has 21 heavy (non-hydrogen) atoms. The van der Waals surface area contributed by atoms with E-state index in [2.05, 4.69) is 66.3 Å². The van der Waals surface area contributed by atoms with E-state index in [1.54, 1.807) is 0 Å². The Kier molecular flexibility index (Phi) is 5.50. The normalized spacial score (nSPS) is 22.0. The lowest BCUT2D eigenvalue weighted by atomic mass is 9.71. The zero-order valence-electron chi connectivity index (χ0n) is 13.5. The van der Waals surface area contributed by atoms with Gasteiger partial charge in [-0.3, -0.25) is 0 Å². The number of benzene rings is 1. The summed E-state index contributed by atoms with van der Waals surface area (Å²) in [4.78, 5) is 0. The summed E-state index contributed by atoms with van der Waals surface area (Å²) in [6.45, 7) is 7.48. The van der Waals surface area contributed by atoms with Crippen LogP contribution in [0.1, 0.15) is 64.5 Å². The lowest BCUT2D eigenvalue weighted by Crippen LogP contribution is -2.45. The second-order valence-electron chi connectivity index (χ2n) is 7.28. The Morgan fingerprint density at radius 2 is 1.71 bits per heavy atom. The van der Waals surface area contributed by atoms with Gasteiger partial charge >= 0.3 is 0 Å². The van der Waals surface area contributed by atoms with Crippen molar-refractivity contribution >= 4 is 15.9 Å². The van der Waals surface area contributed by atoms with Crippen LogP contribution < -0.4 is 5.32 Å². The molecule has 0 spiro atoms. The lowest BCUT2D eigenvalue weighted by Gasteiger charge is -2.41. The van der Waals surface area contributed by atoms with Crippen molar-refractivity contribution in [3.8, 4) is 0 Å². The smallest absolute Gasteiger partial charge is 0.0772 e. The van der Waals surface area contributed by atoms with Gasteiger partial charge in [-0.05, 0) is 55.2 Å². The van der Waals surface area contributed by atoms with Crippen molar-refractivity contribution in [2.75, 3.05) is 6.54 Å². The van der Waals surface area contributed by atoms with Crippen molar-refractivity contribution in [3.05, 3.63) is 34.3 Å². The Bertz CT molecular complexity index is 445. The average molecular weight is 354 g/mol. The Morgan fingerprint density at radius 3 is 2.24 bits per heavy atom. The van der Waals surface area contributed by atoms with Crippen LogP contribution in [0.4, 0.5) is 0 Å². The molecule has 0 radical (unpaired) electrons. The molecule has 2 nitrogen and oxygen atoms in total. The summed E-state index contributed by atoms with van der Waals surface area (Å²) >= 11 is 3.48. The summed E-state index contributed by atoms with van der Waals surface area (Å²) in [5, 5.41) is 14.3. The van der Waals surface area contributed by atoms with E-state index in [0.717, 1.165) is 36.6 Å². The highest BCUT2D eigenvalue weighted by Crippen LogP contribution is 2.40. The largest absolute Gasteiger partial charge is 0.389 e. The predicted octanol–water partition coefficient (Wildman–Crippen LogP) is 4.82. The fourth-order valence-electron chi connectivity index (χ4n) is 3.08. The quantitative estimate of drug-likeness (QED) is 0.794. The second kappa shape index (κ2) is 6.80. The van der Waals surface area contributed by atoms with Crippen molar-refractivity contribution in [1.29, 1.82) is 0 Å². The monoisotopic (exact) mass is 353 g/mol. The average Bonchev–Trinajstić information content (AvgIpc) is 2.45. The van der Waals surface area contributed by atoms with Crippen molar-refractivity contribution in [2.24, 2.45) is 5.41 Å². The molecule has 0 aromatic heterocycles. The summed E-state index contributed by atoms with van der Waals surface area (Å²) in [5.41, 5.74) is 1.15. The topological polar surface area (TPSA) is 32.3 Å². The van der Waals surface area contributed by atoms with Crippen molar-refractivity contribution in [2.45, 2.75) is 64.5 Å². The number of aliphatic hydroxyl groups is 1. The van der Waals surface area contributed by atoms with Crippen LogP contribution in [0.2, 0.25) is 0 Å². The third-order valence-electron chi connectivity index (χ3n) is 4.89. The first-order valence-electron chi connectivity index (χ1n) is 8.05. The second-order valence-corrected chi connectivity index (χ2v) is 8.20. The molecule has 1 aromatic carbocycles. The van der Waals surface area contributed by atoms with Crippen LogP contribution in [-0.2, 0) is 0 Å². The number of rotatable bonds is 5. The molecule has 1 aliphatic rings. The molecule has 1 unspecified atom stereocenters. The van der Waals surface area contributed by atoms with Crippen LogP contribution in [0, 0.1) is 5.41 Å². The van der Waals surface area contributed by atoms with Crippen LogP contribution in [0.25, 0.3) is 0 Å². The van der Waals surface area contributed by atoms with Gasteiger partial charge in [-0.2, -0.15) is 0 Å². The maximum atomic E-state index is 10.8. The highest BCUT2D eigenvalue weighted by Gasteiger charge is 2.36. The summed E-state index contributed by atoms with van der Waals surface area (Å²) in [7, 11) is 0. The summed E-state index contributed by atoms with van der Waals surface area (Å²) in [6.07, 6.45) is 5.07. The Labute approximate surface area is 137 Å². The van der Waals surface area contributed by atoms with Crippen molar-refractivity contribution in [3.63, 3.8) is 0 Å². The van der Waals surface area contributed by atoms with Crippen LogP contribution in [0.5, 0.6) is 0 Å². The van der Waals surface area contributed by atoms with Crippen LogP contribution in [0.15, 0.2) is 28.7 Å². The number of hydrogen-bond acceptors (Lipinski definition) is 2. The summed E-state index contributed by atoms with van der Waals surface area (Å²) in [5.74, 6) is 0. The molecule has 2 N–H and O–H groups in total. The molecule has 1 atom stereocenters. The Hall–Kier alpha value is -0.380. The summed E-state index contributed by atoms with van der Waals surface area (Å²) < 4.78 is 1.11. The van der Waals surface area contributed by atoms with E-state index < -0.39 is 5.60 Å². The number of hydrogen-bond donors (Lipinski definition) is 2. The maximum absolute atomic E-state index is 10.8. The van der Waals surface area contributed by atoms with E-state index in [-0.39, 0.29) is 0 Å². The maximum Gasteiger partial charge on any atom is 0.0772 e. The summed E-state index contributed by atoms with van der Waals surface area (Å²) in [6, 6.07) is 8.78. The Morgan fingerprint density at radius 1 is 1.14 bits per heavy atom. The van der Waals surface area contributed by atoms with E-state index in [0.29, 0.717) is 18.0 Å². The predicted molar refractivity (Wildman–Crippen MR) is 92.4 cm³/mol. The zero-order valence-corrected chi connectivity index (χ0v) is 15.0. The van der Waals surface area contributed by atoms with Crippen LogP contribution in [-0.4, -0.2) is 17.3 Å². The molecule has 0 amide bonds. The van der Waals surface area contributed by atoms with Gasteiger partial charge in [0.25, 0.3) is 0 Å². The van der Waals surface area contributed by atoms with E-state index in [1.807, 2.05) is 0 Å². The Balaban J connectivity index is 1.92. The molecule has 0 aliphatic heterocycles.